The van der Waals surface area contributed by atoms with Crippen LogP contribution in [0.5, 0.6) is 0 Å². The van der Waals surface area contributed by atoms with E-state index in [1.54, 1.807) is 36.5 Å². The Labute approximate surface area is 146 Å². The summed E-state index contributed by atoms with van der Waals surface area (Å²) in [5.41, 5.74) is 1.20. The normalized spacial score (nSPS) is 10.5. The largest absolute Gasteiger partial charge is 0.462 e. The molecule has 0 saturated heterocycles. The average Bonchev–Trinajstić information content (AvgIpc) is 3.21. The number of nitrogens with zero attached hydrogens (tertiary/aromatic N) is 1. The van der Waals surface area contributed by atoms with Gasteiger partial charge in [-0.25, -0.2) is 14.6 Å². The molecule has 0 saturated carbocycles. The van der Waals surface area contributed by atoms with Crippen LogP contribution in [0.1, 0.15) is 22.2 Å². The Hall–Kier alpha value is -2.45. The maximum atomic E-state index is 11.9. The molecule has 6 nitrogen and oxygen atoms in total. The molecule has 2 aromatic heterocycles. The van der Waals surface area contributed by atoms with Gasteiger partial charge in [0.2, 0.25) is 0 Å². The van der Waals surface area contributed by atoms with Crippen LogP contribution in [0.4, 0.5) is 9.93 Å². The smallest absolute Gasteiger partial charge is 0.338 e. The Kier molecular flexibility index (Phi) is 5.07. The number of rotatable bonds is 5. The predicted octanol–water partition coefficient (Wildman–Crippen LogP) is 3.86. The van der Waals surface area contributed by atoms with Crippen LogP contribution in [-0.2, 0) is 11.3 Å². The lowest BCUT2D eigenvalue weighted by molar-refractivity contribution is 0.0526. The van der Waals surface area contributed by atoms with Gasteiger partial charge in [-0.2, -0.15) is 0 Å². The van der Waals surface area contributed by atoms with Crippen molar-refractivity contribution in [2.75, 3.05) is 11.9 Å². The number of aromatic nitrogens is 1. The van der Waals surface area contributed by atoms with E-state index in [2.05, 4.69) is 15.6 Å². The quantitative estimate of drug-likeness (QED) is 0.676. The van der Waals surface area contributed by atoms with Crippen molar-refractivity contribution in [3.63, 3.8) is 0 Å². The third-order valence-corrected chi connectivity index (χ3v) is 4.93. The lowest BCUT2D eigenvalue weighted by atomic mass is 10.2. The zero-order chi connectivity index (χ0) is 16.9. The maximum Gasteiger partial charge on any atom is 0.338 e. The maximum absolute atomic E-state index is 11.9. The summed E-state index contributed by atoms with van der Waals surface area (Å²) in [5.74, 6) is -0.365. The molecule has 3 aromatic rings. The molecule has 0 fully saturated rings. The standard InChI is InChI=1S/C16H15N3O3S2/c1-2-22-14(20)10-5-6-12-13(8-10)24-16(18-12)19-15(21)17-9-11-4-3-7-23-11/h3-8H,2,9H2,1H3,(H2,17,18,19,21). The van der Waals surface area contributed by atoms with Crippen LogP contribution in [-0.4, -0.2) is 23.6 Å². The molecule has 0 aliphatic carbocycles. The summed E-state index contributed by atoms with van der Waals surface area (Å²) in [4.78, 5) is 29.1. The number of hydrogen-bond donors (Lipinski definition) is 2. The summed E-state index contributed by atoms with van der Waals surface area (Å²) in [6.07, 6.45) is 0. The lowest BCUT2D eigenvalue weighted by Gasteiger charge is -2.03. The Morgan fingerprint density at radius 3 is 2.92 bits per heavy atom. The van der Waals surface area contributed by atoms with Crippen molar-refractivity contribution in [2.45, 2.75) is 13.5 Å². The minimum atomic E-state index is -0.365. The van der Waals surface area contributed by atoms with Gasteiger partial charge in [-0.15, -0.1) is 11.3 Å². The second-order valence-electron chi connectivity index (χ2n) is 4.81. The number of urea groups is 1. The highest BCUT2D eigenvalue weighted by Crippen LogP contribution is 2.27. The van der Waals surface area contributed by atoms with Gasteiger partial charge in [-0.3, -0.25) is 5.32 Å². The van der Waals surface area contributed by atoms with Gasteiger partial charge in [0.05, 0.1) is 28.9 Å². The van der Waals surface area contributed by atoms with Gasteiger partial charge >= 0.3 is 12.0 Å². The van der Waals surface area contributed by atoms with Crippen LogP contribution in [0, 0.1) is 0 Å². The van der Waals surface area contributed by atoms with E-state index in [1.807, 2.05) is 17.5 Å². The predicted molar refractivity (Wildman–Crippen MR) is 95.8 cm³/mol. The van der Waals surface area contributed by atoms with Crippen molar-refractivity contribution in [3.8, 4) is 0 Å². The number of fused-ring (bicyclic) bond motifs is 1. The van der Waals surface area contributed by atoms with Gasteiger partial charge in [0.25, 0.3) is 0 Å². The fraction of sp³-hybridized carbons (Fsp3) is 0.188. The van der Waals surface area contributed by atoms with Crippen molar-refractivity contribution < 1.29 is 14.3 Å². The van der Waals surface area contributed by atoms with Gasteiger partial charge < -0.3 is 10.1 Å². The number of hydrogen-bond acceptors (Lipinski definition) is 6. The fourth-order valence-electron chi connectivity index (χ4n) is 2.04. The molecule has 0 bridgehead atoms. The second-order valence-corrected chi connectivity index (χ2v) is 6.87. The monoisotopic (exact) mass is 361 g/mol. The van der Waals surface area contributed by atoms with Crippen LogP contribution in [0.2, 0.25) is 0 Å². The first-order valence-corrected chi connectivity index (χ1v) is 9.00. The topological polar surface area (TPSA) is 80.3 Å². The molecule has 0 aliphatic heterocycles. The van der Waals surface area contributed by atoms with Crippen LogP contribution < -0.4 is 10.6 Å². The molecule has 2 heterocycles. The Morgan fingerprint density at radius 1 is 1.29 bits per heavy atom. The number of nitrogens with one attached hydrogen (secondary N) is 2. The first-order valence-electron chi connectivity index (χ1n) is 7.30. The summed E-state index contributed by atoms with van der Waals surface area (Å²) in [7, 11) is 0. The molecule has 1 aromatic carbocycles. The number of amides is 2. The number of ether oxygens (including phenoxy) is 1. The number of carbonyl (C=O) groups excluding carboxylic acids is 2. The average molecular weight is 361 g/mol. The van der Waals surface area contributed by atoms with Crippen LogP contribution in [0.25, 0.3) is 10.2 Å². The van der Waals surface area contributed by atoms with Crippen LogP contribution >= 0.6 is 22.7 Å². The number of benzene rings is 1. The summed E-state index contributed by atoms with van der Waals surface area (Å²) in [5, 5.41) is 7.93. The summed E-state index contributed by atoms with van der Waals surface area (Å²) in [6, 6.07) is 8.72. The first kappa shape index (κ1) is 16.4. The zero-order valence-corrected chi connectivity index (χ0v) is 14.5. The van der Waals surface area contributed by atoms with E-state index in [0.29, 0.717) is 23.8 Å². The molecule has 0 aliphatic rings. The lowest BCUT2D eigenvalue weighted by Crippen LogP contribution is -2.27. The summed E-state index contributed by atoms with van der Waals surface area (Å²) < 4.78 is 5.80. The molecule has 0 radical (unpaired) electrons. The molecule has 0 spiro atoms. The van der Waals surface area contributed by atoms with Crippen molar-refractivity contribution in [2.24, 2.45) is 0 Å². The Morgan fingerprint density at radius 2 is 2.17 bits per heavy atom. The van der Waals surface area contributed by atoms with Gasteiger partial charge in [0.15, 0.2) is 5.13 Å². The first-order chi connectivity index (χ1) is 11.7. The van der Waals surface area contributed by atoms with Gasteiger partial charge in [0.1, 0.15) is 0 Å². The van der Waals surface area contributed by atoms with E-state index < -0.39 is 0 Å². The third kappa shape index (κ3) is 3.90. The van der Waals surface area contributed by atoms with Gasteiger partial charge in [0, 0.05) is 4.88 Å². The summed E-state index contributed by atoms with van der Waals surface area (Å²) >= 11 is 2.89. The number of anilines is 1. The van der Waals surface area contributed by atoms with E-state index in [0.717, 1.165) is 15.1 Å². The Bertz CT molecular complexity index is 859. The number of carbonyl (C=O) groups is 2. The fourth-order valence-corrected chi connectivity index (χ4v) is 3.59. The molecule has 2 N–H and O–H groups in total. The Balaban J connectivity index is 1.66. The van der Waals surface area contributed by atoms with E-state index in [-0.39, 0.29) is 12.0 Å². The zero-order valence-electron chi connectivity index (χ0n) is 12.9. The highest BCUT2D eigenvalue weighted by Gasteiger charge is 2.11. The van der Waals surface area contributed by atoms with Gasteiger partial charge in [-0.05, 0) is 36.6 Å². The summed E-state index contributed by atoms with van der Waals surface area (Å²) in [6.45, 7) is 2.57. The molecule has 24 heavy (non-hydrogen) atoms. The van der Waals surface area contributed by atoms with Gasteiger partial charge in [-0.1, -0.05) is 17.4 Å². The highest BCUT2D eigenvalue weighted by atomic mass is 32.1. The number of thiazole rings is 1. The molecule has 2 amide bonds. The van der Waals surface area contributed by atoms with E-state index >= 15 is 0 Å². The van der Waals surface area contributed by atoms with Crippen molar-refractivity contribution >= 4 is 50.0 Å². The molecule has 0 unspecified atom stereocenters. The number of thiophene rings is 1. The molecule has 3 rings (SSSR count). The second kappa shape index (κ2) is 7.41. The minimum absolute atomic E-state index is 0.312. The van der Waals surface area contributed by atoms with E-state index in [1.165, 1.54) is 11.3 Å². The SMILES string of the molecule is CCOC(=O)c1ccc2nc(NC(=O)NCc3cccs3)sc2c1. The van der Waals surface area contributed by atoms with Crippen LogP contribution in [0.3, 0.4) is 0 Å². The minimum Gasteiger partial charge on any atom is -0.462 e. The molecule has 0 atom stereocenters. The van der Waals surface area contributed by atoms with Crippen molar-refractivity contribution in [1.29, 1.82) is 0 Å². The molecular formula is C16H15N3O3S2. The molecule has 124 valence electrons. The van der Waals surface area contributed by atoms with E-state index in [9.17, 15) is 9.59 Å². The molecule has 8 heteroatoms. The highest BCUT2D eigenvalue weighted by molar-refractivity contribution is 7.22. The number of esters is 1. The van der Waals surface area contributed by atoms with Crippen molar-refractivity contribution in [3.05, 3.63) is 46.2 Å². The van der Waals surface area contributed by atoms with E-state index in [4.69, 9.17) is 4.74 Å². The molecular weight excluding hydrogens is 346 g/mol. The van der Waals surface area contributed by atoms with Crippen LogP contribution in [0.15, 0.2) is 35.7 Å². The van der Waals surface area contributed by atoms with Crippen molar-refractivity contribution in [1.82, 2.24) is 10.3 Å². The third-order valence-electron chi connectivity index (χ3n) is 3.12.